The molecule has 2 heterocycles. The van der Waals surface area contributed by atoms with Gasteiger partial charge in [-0.15, -0.1) is 0 Å². The van der Waals surface area contributed by atoms with Crippen molar-refractivity contribution in [3.63, 3.8) is 0 Å². The third-order valence-corrected chi connectivity index (χ3v) is 5.11. The van der Waals surface area contributed by atoms with Gasteiger partial charge in [-0.3, -0.25) is 13.9 Å². The number of hydrogen-bond acceptors (Lipinski definition) is 5. The molecule has 0 radical (unpaired) electrons. The van der Waals surface area contributed by atoms with E-state index in [-0.39, 0.29) is 26.9 Å². The van der Waals surface area contributed by atoms with Gasteiger partial charge in [0.2, 0.25) is 5.88 Å². The van der Waals surface area contributed by atoms with Crippen LogP contribution in [-0.2, 0) is 13.2 Å². The van der Waals surface area contributed by atoms with Crippen molar-refractivity contribution >= 4 is 0 Å². The van der Waals surface area contributed by atoms with Gasteiger partial charge in [0.15, 0.2) is 0 Å². The summed E-state index contributed by atoms with van der Waals surface area (Å²) in [5.41, 5.74) is -6.79. The van der Waals surface area contributed by atoms with Crippen molar-refractivity contribution in [2.45, 2.75) is 25.1 Å². The lowest BCUT2D eigenvalue weighted by Gasteiger charge is -2.15. The van der Waals surface area contributed by atoms with Gasteiger partial charge < -0.3 is 5.11 Å². The zero-order valence-corrected chi connectivity index (χ0v) is 16.2. The summed E-state index contributed by atoms with van der Waals surface area (Å²) in [7, 11) is 0.760. The first-order chi connectivity index (χ1) is 15.0. The number of nitrogens with zero attached hydrogens (tertiary/aromatic N) is 5. The highest BCUT2D eigenvalue weighted by atomic mass is 19.4. The molecule has 2 aromatic heterocycles. The molecule has 1 aliphatic rings. The van der Waals surface area contributed by atoms with Gasteiger partial charge in [0.25, 0.3) is 5.56 Å². The molecule has 3 aromatic rings. The molecule has 1 N–H and O–H groups in total. The number of nitriles is 1. The topological polar surface area (TPSA) is 115 Å². The Bertz CT molecular complexity index is 1480. The molecule has 0 bridgehead atoms. The highest BCUT2D eigenvalue weighted by Gasteiger charge is 2.35. The Morgan fingerprint density at radius 2 is 1.72 bits per heavy atom. The van der Waals surface area contributed by atoms with Crippen LogP contribution in [0.3, 0.4) is 0 Å². The summed E-state index contributed by atoms with van der Waals surface area (Å²) < 4.78 is 56.2. The molecule has 0 atom stereocenters. The molecule has 0 amide bonds. The molecule has 4 rings (SSSR count). The fraction of sp³-hybridized carbons (Fsp3) is 0.263. The molecule has 0 aliphatic heterocycles. The van der Waals surface area contributed by atoms with Gasteiger partial charge in [-0.1, -0.05) is 0 Å². The second kappa shape index (κ2) is 6.98. The van der Waals surface area contributed by atoms with E-state index in [0.717, 1.165) is 19.3 Å². The zero-order valence-electron chi connectivity index (χ0n) is 16.2. The molecule has 13 heteroatoms. The van der Waals surface area contributed by atoms with Gasteiger partial charge in [-0.05, 0) is 25.0 Å². The lowest BCUT2D eigenvalue weighted by molar-refractivity contribution is -0.144. The van der Waals surface area contributed by atoms with Crippen LogP contribution in [0.5, 0.6) is 5.88 Å². The molecule has 1 aliphatic carbocycles. The lowest BCUT2D eigenvalue weighted by Crippen LogP contribution is -2.41. The third kappa shape index (κ3) is 3.20. The smallest absolute Gasteiger partial charge is 0.431 e. The molecule has 9 nitrogen and oxygen atoms in total. The fourth-order valence-electron chi connectivity index (χ4n) is 3.41. The van der Waals surface area contributed by atoms with E-state index in [1.165, 1.54) is 4.57 Å². The quantitative estimate of drug-likeness (QED) is 0.607. The minimum atomic E-state index is -5.01. The van der Waals surface area contributed by atoms with Gasteiger partial charge >= 0.3 is 17.6 Å². The molecule has 0 spiro atoms. The predicted octanol–water partition coefficient (Wildman–Crippen LogP) is 1.56. The normalized spacial score (nSPS) is 13.9. The predicted molar refractivity (Wildman–Crippen MR) is 100 cm³/mol. The number of halogens is 4. The molecule has 1 fully saturated rings. The van der Waals surface area contributed by atoms with Gasteiger partial charge in [-0.25, -0.2) is 23.1 Å². The maximum absolute atomic E-state index is 14.8. The first-order valence-corrected chi connectivity index (χ1v) is 9.13. The fourth-order valence-corrected chi connectivity index (χ4v) is 3.41. The van der Waals surface area contributed by atoms with Crippen LogP contribution in [0.15, 0.2) is 38.8 Å². The molecule has 0 saturated heterocycles. The average Bonchev–Trinajstić information content (AvgIpc) is 3.50. The van der Waals surface area contributed by atoms with Crippen LogP contribution in [0.1, 0.15) is 30.1 Å². The Labute approximate surface area is 175 Å². The van der Waals surface area contributed by atoms with Gasteiger partial charge in [0.05, 0.1) is 23.1 Å². The van der Waals surface area contributed by atoms with Crippen LogP contribution in [0.25, 0.3) is 11.4 Å². The van der Waals surface area contributed by atoms with Crippen LogP contribution in [0, 0.1) is 17.1 Å². The SMILES string of the molecule is Cn1c(C(F)(F)F)cc(=O)n(-c2cc(-n3c(O)cn(C4CC4)c3=O)c(C#N)cc2F)c1=O. The van der Waals surface area contributed by atoms with Gasteiger partial charge in [-0.2, -0.15) is 18.4 Å². The summed E-state index contributed by atoms with van der Waals surface area (Å²) in [5, 5.41) is 19.6. The highest BCUT2D eigenvalue weighted by Crippen LogP contribution is 2.35. The summed E-state index contributed by atoms with van der Waals surface area (Å²) in [4.78, 5) is 37.6. The summed E-state index contributed by atoms with van der Waals surface area (Å²) in [6.07, 6.45) is -2.49. The van der Waals surface area contributed by atoms with Crippen molar-refractivity contribution in [3.8, 4) is 23.3 Å². The molecule has 1 saturated carbocycles. The van der Waals surface area contributed by atoms with E-state index in [2.05, 4.69) is 0 Å². The molecular formula is C19H13F4N5O4. The standard InChI is InChI=1S/C19H13F4N5O4/c1-25-14(19(21,22)23)6-15(29)28(17(25)31)13-5-12(9(7-24)4-11(13)20)27-16(30)8-26(18(27)32)10-2-3-10/h4-6,8,10,30H,2-3H2,1H3. The number of aromatic nitrogens is 4. The number of rotatable bonds is 3. The summed E-state index contributed by atoms with van der Waals surface area (Å²) in [5.74, 6) is -1.85. The number of benzene rings is 1. The zero-order chi connectivity index (χ0) is 23.5. The third-order valence-electron chi connectivity index (χ3n) is 5.11. The van der Waals surface area contributed by atoms with Crippen molar-refractivity contribution in [2.75, 3.05) is 0 Å². The number of imidazole rings is 1. The van der Waals surface area contributed by atoms with Crippen LogP contribution in [0.2, 0.25) is 0 Å². The second-order valence-electron chi connectivity index (χ2n) is 7.22. The van der Waals surface area contributed by atoms with Crippen molar-refractivity contribution in [1.82, 2.24) is 18.3 Å². The molecule has 32 heavy (non-hydrogen) atoms. The molecule has 1 aromatic carbocycles. The van der Waals surface area contributed by atoms with E-state index in [1.54, 1.807) is 6.07 Å². The van der Waals surface area contributed by atoms with Gasteiger partial charge in [0.1, 0.15) is 17.6 Å². The first kappa shape index (κ1) is 21.2. The Balaban J connectivity index is 2.02. The van der Waals surface area contributed by atoms with E-state index in [4.69, 9.17) is 0 Å². The van der Waals surface area contributed by atoms with Crippen LogP contribution in [-0.4, -0.2) is 23.4 Å². The first-order valence-electron chi connectivity index (χ1n) is 9.13. The number of aromatic hydroxyl groups is 1. The van der Waals surface area contributed by atoms with Crippen molar-refractivity contribution < 1.29 is 22.7 Å². The minimum Gasteiger partial charge on any atom is -0.493 e. The average molecular weight is 451 g/mol. The summed E-state index contributed by atoms with van der Waals surface area (Å²) in [6, 6.07) is 3.03. The number of hydrogen-bond donors (Lipinski definition) is 1. The van der Waals surface area contributed by atoms with Crippen LogP contribution in [0.4, 0.5) is 17.6 Å². The van der Waals surface area contributed by atoms with E-state index in [9.17, 15) is 42.3 Å². The maximum Gasteiger partial charge on any atom is 0.431 e. The Morgan fingerprint density at radius 1 is 1.06 bits per heavy atom. The summed E-state index contributed by atoms with van der Waals surface area (Å²) in [6.45, 7) is 0. The van der Waals surface area contributed by atoms with Crippen LogP contribution >= 0.6 is 0 Å². The van der Waals surface area contributed by atoms with Crippen molar-refractivity contribution in [2.24, 2.45) is 7.05 Å². The lowest BCUT2D eigenvalue weighted by atomic mass is 10.1. The Kier molecular flexibility index (Phi) is 4.61. The number of alkyl halides is 3. The van der Waals surface area contributed by atoms with E-state index < -0.39 is 51.8 Å². The molecule has 166 valence electrons. The minimum absolute atomic E-state index is 0.131. The highest BCUT2D eigenvalue weighted by molar-refractivity contribution is 5.56. The van der Waals surface area contributed by atoms with Crippen molar-refractivity contribution in [1.29, 1.82) is 5.26 Å². The van der Waals surface area contributed by atoms with Gasteiger partial charge in [0, 0.05) is 19.2 Å². The maximum atomic E-state index is 14.8. The Hall–Kier alpha value is -4.08. The second-order valence-corrected chi connectivity index (χ2v) is 7.22. The Morgan fingerprint density at radius 3 is 2.28 bits per heavy atom. The molecular weight excluding hydrogens is 438 g/mol. The van der Waals surface area contributed by atoms with E-state index in [1.807, 2.05) is 0 Å². The monoisotopic (exact) mass is 451 g/mol. The summed E-state index contributed by atoms with van der Waals surface area (Å²) >= 11 is 0. The van der Waals surface area contributed by atoms with Crippen LogP contribution < -0.4 is 16.9 Å². The van der Waals surface area contributed by atoms with E-state index in [0.29, 0.717) is 23.5 Å². The van der Waals surface area contributed by atoms with Crippen molar-refractivity contribution in [3.05, 3.63) is 72.8 Å². The largest absolute Gasteiger partial charge is 0.493 e. The van der Waals surface area contributed by atoms with E-state index >= 15 is 0 Å². The molecule has 0 unspecified atom stereocenters.